The molecular weight excluding hydrogens is 290 g/mol. The number of carbonyl (C=O) groups is 1. The van der Waals surface area contributed by atoms with Crippen LogP contribution in [-0.4, -0.2) is 22.3 Å². The molecule has 0 spiro atoms. The van der Waals surface area contributed by atoms with Crippen molar-refractivity contribution in [1.82, 2.24) is 9.78 Å². The number of anilines is 1. The zero-order valence-electron chi connectivity index (χ0n) is 12.3. The molecule has 0 fully saturated rings. The van der Waals surface area contributed by atoms with E-state index in [-0.39, 0.29) is 18.6 Å². The van der Waals surface area contributed by atoms with Gasteiger partial charge in [-0.1, -0.05) is 11.6 Å². The number of halogens is 1. The zero-order chi connectivity index (χ0) is 15.4. The Kier molecular flexibility index (Phi) is 4.85. The van der Waals surface area contributed by atoms with E-state index < -0.39 is 0 Å². The van der Waals surface area contributed by atoms with Gasteiger partial charge < -0.3 is 10.1 Å². The van der Waals surface area contributed by atoms with Crippen LogP contribution in [0.4, 0.5) is 5.82 Å². The maximum Gasteiger partial charge on any atom is 0.263 e. The summed E-state index contributed by atoms with van der Waals surface area (Å²) in [5, 5.41) is 7.77. The highest BCUT2D eigenvalue weighted by Gasteiger charge is 2.11. The number of benzene rings is 1. The fraction of sp³-hybridized carbons (Fsp3) is 0.333. The first-order valence-electron chi connectivity index (χ1n) is 6.70. The van der Waals surface area contributed by atoms with E-state index in [9.17, 15) is 4.79 Å². The summed E-state index contributed by atoms with van der Waals surface area (Å²) in [6, 6.07) is 8.88. The molecule has 1 N–H and O–H groups in total. The standard InChI is InChI=1S/C15H18ClN3O2/c1-10(2)19-14(8-11(3)18-19)17-15(20)9-21-13-6-4-12(16)5-7-13/h4-8,10H,9H2,1-3H3,(H,17,20). The average Bonchev–Trinajstić information content (AvgIpc) is 2.79. The molecule has 0 aliphatic rings. The molecule has 1 aromatic carbocycles. The van der Waals surface area contributed by atoms with Gasteiger partial charge in [-0.3, -0.25) is 4.79 Å². The number of aromatic nitrogens is 2. The number of carbonyl (C=O) groups excluding carboxylic acids is 1. The maximum atomic E-state index is 11.9. The topological polar surface area (TPSA) is 56.1 Å². The summed E-state index contributed by atoms with van der Waals surface area (Å²) in [4.78, 5) is 11.9. The molecule has 0 unspecified atom stereocenters. The predicted octanol–water partition coefficient (Wildman–Crippen LogP) is 3.44. The number of hydrogen-bond donors (Lipinski definition) is 1. The fourth-order valence-corrected chi connectivity index (χ4v) is 1.99. The van der Waals surface area contributed by atoms with Gasteiger partial charge in [0.05, 0.1) is 5.69 Å². The van der Waals surface area contributed by atoms with Crippen LogP contribution in [0.25, 0.3) is 0 Å². The van der Waals surface area contributed by atoms with E-state index in [4.69, 9.17) is 16.3 Å². The van der Waals surface area contributed by atoms with E-state index in [0.717, 1.165) is 5.69 Å². The Balaban J connectivity index is 1.94. The Bertz CT molecular complexity index is 620. The average molecular weight is 308 g/mol. The summed E-state index contributed by atoms with van der Waals surface area (Å²) < 4.78 is 7.18. The molecule has 2 aromatic rings. The molecule has 1 heterocycles. The van der Waals surface area contributed by atoms with Crippen LogP contribution in [0.1, 0.15) is 25.6 Å². The first-order valence-corrected chi connectivity index (χ1v) is 7.08. The van der Waals surface area contributed by atoms with Gasteiger partial charge in [-0.25, -0.2) is 4.68 Å². The number of amides is 1. The van der Waals surface area contributed by atoms with E-state index in [1.807, 2.05) is 26.8 Å². The monoisotopic (exact) mass is 307 g/mol. The second-order valence-electron chi connectivity index (χ2n) is 5.00. The molecule has 0 aliphatic heterocycles. The molecule has 0 saturated carbocycles. The normalized spacial score (nSPS) is 10.7. The van der Waals surface area contributed by atoms with Crippen molar-refractivity contribution >= 4 is 23.3 Å². The summed E-state index contributed by atoms with van der Waals surface area (Å²) in [5.41, 5.74) is 0.859. The molecule has 0 saturated heterocycles. The van der Waals surface area contributed by atoms with E-state index in [1.54, 1.807) is 28.9 Å². The molecule has 112 valence electrons. The lowest BCUT2D eigenvalue weighted by atomic mass is 10.3. The third kappa shape index (κ3) is 4.23. The summed E-state index contributed by atoms with van der Waals surface area (Å²) in [6.07, 6.45) is 0. The third-order valence-electron chi connectivity index (χ3n) is 2.80. The van der Waals surface area contributed by atoms with Crippen LogP contribution in [0.2, 0.25) is 5.02 Å². The molecule has 5 nitrogen and oxygen atoms in total. The quantitative estimate of drug-likeness (QED) is 0.920. The smallest absolute Gasteiger partial charge is 0.263 e. The zero-order valence-corrected chi connectivity index (χ0v) is 13.0. The predicted molar refractivity (Wildman–Crippen MR) is 82.9 cm³/mol. The largest absolute Gasteiger partial charge is 0.484 e. The molecule has 0 radical (unpaired) electrons. The minimum Gasteiger partial charge on any atom is -0.484 e. The first-order chi connectivity index (χ1) is 9.95. The van der Waals surface area contributed by atoms with Crippen molar-refractivity contribution in [2.24, 2.45) is 0 Å². The molecule has 2 rings (SSSR count). The fourth-order valence-electron chi connectivity index (χ4n) is 1.86. The van der Waals surface area contributed by atoms with Gasteiger partial charge in [-0.15, -0.1) is 0 Å². The molecular formula is C15H18ClN3O2. The van der Waals surface area contributed by atoms with Gasteiger partial charge in [0.15, 0.2) is 6.61 Å². The summed E-state index contributed by atoms with van der Waals surface area (Å²) in [7, 11) is 0. The van der Waals surface area contributed by atoms with Gasteiger partial charge in [0.2, 0.25) is 0 Å². The van der Waals surface area contributed by atoms with Gasteiger partial charge in [0.1, 0.15) is 11.6 Å². The molecule has 21 heavy (non-hydrogen) atoms. The van der Waals surface area contributed by atoms with Gasteiger partial charge in [0, 0.05) is 17.1 Å². The number of rotatable bonds is 5. The molecule has 1 amide bonds. The highest BCUT2D eigenvalue weighted by molar-refractivity contribution is 6.30. The van der Waals surface area contributed by atoms with Crippen molar-refractivity contribution in [2.45, 2.75) is 26.8 Å². The highest BCUT2D eigenvalue weighted by atomic mass is 35.5. The van der Waals surface area contributed by atoms with Crippen LogP contribution in [0.3, 0.4) is 0 Å². The Morgan fingerprint density at radius 3 is 2.67 bits per heavy atom. The van der Waals surface area contributed by atoms with Crippen LogP contribution in [0.15, 0.2) is 30.3 Å². The molecule has 6 heteroatoms. The SMILES string of the molecule is Cc1cc(NC(=O)COc2ccc(Cl)cc2)n(C(C)C)n1. The highest BCUT2D eigenvalue weighted by Crippen LogP contribution is 2.17. The lowest BCUT2D eigenvalue weighted by Crippen LogP contribution is -2.22. The van der Waals surface area contributed by atoms with Crippen molar-refractivity contribution in [3.63, 3.8) is 0 Å². The maximum absolute atomic E-state index is 11.9. The number of hydrogen-bond acceptors (Lipinski definition) is 3. The van der Waals surface area contributed by atoms with E-state index in [1.165, 1.54) is 0 Å². The first kappa shape index (κ1) is 15.4. The van der Waals surface area contributed by atoms with Crippen LogP contribution >= 0.6 is 11.6 Å². The van der Waals surface area contributed by atoms with Gasteiger partial charge in [-0.2, -0.15) is 5.10 Å². The Morgan fingerprint density at radius 1 is 1.38 bits per heavy atom. The summed E-state index contributed by atoms with van der Waals surface area (Å²) >= 11 is 5.79. The molecule has 0 atom stereocenters. The van der Waals surface area contributed by atoms with Gasteiger partial charge in [0.25, 0.3) is 5.91 Å². The number of aryl methyl sites for hydroxylation is 1. The van der Waals surface area contributed by atoms with E-state index in [0.29, 0.717) is 16.6 Å². The van der Waals surface area contributed by atoms with Crippen LogP contribution in [0.5, 0.6) is 5.75 Å². The van der Waals surface area contributed by atoms with Crippen LogP contribution in [0, 0.1) is 6.92 Å². The van der Waals surface area contributed by atoms with Crippen molar-refractivity contribution in [2.75, 3.05) is 11.9 Å². The van der Waals surface area contributed by atoms with Gasteiger partial charge >= 0.3 is 0 Å². The summed E-state index contributed by atoms with van der Waals surface area (Å²) in [5.74, 6) is 1.04. The van der Waals surface area contributed by atoms with Crippen molar-refractivity contribution in [3.05, 3.63) is 41.0 Å². The number of ether oxygens (including phenoxy) is 1. The van der Waals surface area contributed by atoms with Crippen LogP contribution < -0.4 is 10.1 Å². The number of nitrogens with one attached hydrogen (secondary N) is 1. The minimum atomic E-state index is -0.230. The lowest BCUT2D eigenvalue weighted by molar-refractivity contribution is -0.118. The Morgan fingerprint density at radius 2 is 2.05 bits per heavy atom. The van der Waals surface area contributed by atoms with E-state index in [2.05, 4.69) is 10.4 Å². The molecule has 0 bridgehead atoms. The van der Waals surface area contributed by atoms with Crippen molar-refractivity contribution in [1.29, 1.82) is 0 Å². The molecule has 1 aromatic heterocycles. The van der Waals surface area contributed by atoms with Crippen LogP contribution in [-0.2, 0) is 4.79 Å². The van der Waals surface area contributed by atoms with Gasteiger partial charge in [-0.05, 0) is 45.0 Å². The van der Waals surface area contributed by atoms with E-state index >= 15 is 0 Å². The minimum absolute atomic E-state index is 0.0655. The molecule has 0 aliphatic carbocycles. The van der Waals surface area contributed by atoms with Crippen molar-refractivity contribution < 1.29 is 9.53 Å². The number of nitrogens with zero attached hydrogens (tertiary/aromatic N) is 2. The second-order valence-corrected chi connectivity index (χ2v) is 5.44. The Hall–Kier alpha value is -2.01. The third-order valence-corrected chi connectivity index (χ3v) is 3.05. The second kappa shape index (κ2) is 6.63. The Labute approximate surface area is 128 Å². The summed E-state index contributed by atoms with van der Waals surface area (Å²) in [6.45, 7) is 5.83. The van der Waals surface area contributed by atoms with Crippen molar-refractivity contribution in [3.8, 4) is 5.75 Å². The lowest BCUT2D eigenvalue weighted by Gasteiger charge is -2.12.